The zero-order chi connectivity index (χ0) is 13.0. The fourth-order valence-electron chi connectivity index (χ4n) is 2.19. The van der Waals surface area contributed by atoms with Gasteiger partial charge in [0, 0.05) is 30.3 Å². The quantitative estimate of drug-likeness (QED) is 0.883. The molecule has 0 aliphatic carbocycles. The van der Waals surface area contributed by atoms with Crippen LogP contribution in [0.1, 0.15) is 19.3 Å². The lowest BCUT2D eigenvalue weighted by atomic mass is 9.89. The fraction of sp³-hybridized carbons (Fsp3) is 0.462. The summed E-state index contributed by atoms with van der Waals surface area (Å²) in [5, 5.41) is 3.91. The molecule has 0 aromatic heterocycles. The van der Waals surface area contributed by atoms with Crippen LogP contribution in [-0.2, 0) is 9.53 Å². The summed E-state index contributed by atoms with van der Waals surface area (Å²) < 4.78 is 5.39. The average molecular weight is 269 g/mol. The van der Waals surface area contributed by atoms with E-state index in [9.17, 15) is 4.79 Å². The van der Waals surface area contributed by atoms with E-state index in [1.165, 1.54) is 0 Å². The van der Waals surface area contributed by atoms with Crippen molar-refractivity contribution in [3.8, 4) is 0 Å². The van der Waals surface area contributed by atoms with Crippen LogP contribution in [0.25, 0.3) is 0 Å². The number of ether oxygens (including phenoxy) is 1. The van der Waals surface area contributed by atoms with E-state index in [1.54, 1.807) is 12.1 Å². The maximum absolute atomic E-state index is 11.8. The lowest BCUT2D eigenvalue weighted by Crippen LogP contribution is -2.50. The maximum atomic E-state index is 11.8. The summed E-state index contributed by atoms with van der Waals surface area (Å²) in [7, 11) is 0. The monoisotopic (exact) mass is 268 g/mol. The first kappa shape index (κ1) is 13.2. The highest BCUT2D eigenvalue weighted by molar-refractivity contribution is 6.30. The Morgan fingerprint density at radius 3 is 2.67 bits per heavy atom. The molecule has 0 saturated carbocycles. The molecule has 1 heterocycles. The summed E-state index contributed by atoms with van der Waals surface area (Å²) >= 11 is 5.84. The Labute approximate surface area is 111 Å². The highest BCUT2D eigenvalue weighted by Crippen LogP contribution is 2.27. The first-order valence-corrected chi connectivity index (χ1v) is 6.42. The molecule has 0 bridgehead atoms. The van der Waals surface area contributed by atoms with Gasteiger partial charge in [0.2, 0.25) is 5.91 Å². The summed E-state index contributed by atoms with van der Waals surface area (Å²) in [6.45, 7) is 1.22. The van der Waals surface area contributed by atoms with E-state index in [0.717, 1.165) is 12.1 Å². The molecule has 1 aliphatic rings. The number of carbonyl (C=O) groups is 1. The van der Waals surface area contributed by atoms with Gasteiger partial charge in [0.15, 0.2) is 0 Å². The number of hydrogen-bond donors (Lipinski definition) is 2. The molecule has 1 atom stereocenters. The molecule has 3 N–H and O–H groups in total. The van der Waals surface area contributed by atoms with Crippen LogP contribution in [0.2, 0.25) is 5.02 Å². The molecule has 1 aliphatic heterocycles. The van der Waals surface area contributed by atoms with E-state index in [0.29, 0.717) is 31.1 Å². The minimum Gasteiger partial charge on any atom is -0.381 e. The van der Waals surface area contributed by atoms with Crippen molar-refractivity contribution in [2.45, 2.75) is 24.8 Å². The summed E-state index contributed by atoms with van der Waals surface area (Å²) in [4.78, 5) is 11.8. The topological polar surface area (TPSA) is 64.4 Å². The van der Waals surface area contributed by atoms with Crippen molar-refractivity contribution in [1.82, 2.24) is 0 Å². The molecule has 0 spiro atoms. The van der Waals surface area contributed by atoms with Crippen molar-refractivity contribution in [3.63, 3.8) is 0 Å². The van der Waals surface area contributed by atoms with Crippen molar-refractivity contribution < 1.29 is 9.53 Å². The highest BCUT2D eigenvalue weighted by Gasteiger charge is 2.37. The Balaban J connectivity index is 2.19. The molecule has 1 unspecified atom stereocenters. The Hall–Kier alpha value is -1.26. The second kappa shape index (κ2) is 5.59. The molecule has 1 saturated heterocycles. The van der Waals surface area contributed by atoms with Gasteiger partial charge >= 0.3 is 0 Å². The van der Waals surface area contributed by atoms with Gasteiger partial charge in [-0.2, -0.15) is 0 Å². The summed E-state index contributed by atoms with van der Waals surface area (Å²) in [6, 6.07) is 7.26. The molecule has 1 fully saturated rings. The molecule has 1 aromatic rings. The van der Waals surface area contributed by atoms with Crippen LogP contribution in [0.3, 0.4) is 0 Å². The van der Waals surface area contributed by atoms with Crippen LogP contribution in [0.4, 0.5) is 5.69 Å². The van der Waals surface area contributed by atoms with Crippen LogP contribution >= 0.6 is 11.6 Å². The number of nitrogens with two attached hydrogens (primary N) is 1. The second-order valence-corrected chi connectivity index (χ2v) is 4.98. The van der Waals surface area contributed by atoms with Gasteiger partial charge in [-0.1, -0.05) is 11.6 Å². The summed E-state index contributed by atoms with van der Waals surface area (Å²) in [6.07, 6.45) is 2.10. The lowest BCUT2D eigenvalue weighted by molar-refractivity contribution is -0.122. The predicted molar refractivity (Wildman–Crippen MR) is 71.7 cm³/mol. The number of anilines is 1. The van der Waals surface area contributed by atoms with Gasteiger partial charge in [0.25, 0.3) is 0 Å². The molecule has 18 heavy (non-hydrogen) atoms. The molecule has 4 nitrogen and oxygen atoms in total. The van der Waals surface area contributed by atoms with Crippen molar-refractivity contribution in [1.29, 1.82) is 0 Å². The summed E-state index contributed by atoms with van der Waals surface area (Å²) in [5.74, 6) is -0.331. The molecule has 5 heteroatoms. The smallest absolute Gasteiger partial charge is 0.243 e. The van der Waals surface area contributed by atoms with Crippen LogP contribution in [0.5, 0.6) is 0 Å². The van der Waals surface area contributed by atoms with Gasteiger partial charge in [-0.3, -0.25) is 4.79 Å². The number of amides is 1. The van der Waals surface area contributed by atoms with E-state index in [-0.39, 0.29) is 5.91 Å². The zero-order valence-corrected chi connectivity index (χ0v) is 10.9. The first-order chi connectivity index (χ1) is 8.62. The van der Waals surface area contributed by atoms with Gasteiger partial charge in [-0.25, -0.2) is 0 Å². The minimum atomic E-state index is -0.718. The van der Waals surface area contributed by atoms with Gasteiger partial charge in [0.05, 0.1) is 0 Å². The predicted octanol–water partition coefficient (Wildman–Crippen LogP) is 2.18. The lowest BCUT2D eigenvalue weighted by Gasteiger charge is -2.31. The molecule has 0 radical (unpaired) electrons. The number of halogens is 1. The Bertz CT molecular complexity index is 412. The third-order valence-electron chi connectivity index (χ3n) is 3.26. The van der Waals surface area contributed by atoms with E-state index in [1.807, 2.05) is 12.1 Å². The van der Waals surface area contributed by atoms with E-state index in [4.69, 9.17) is 22.1 Å². The minimum absolute atomic E-state index is 0.331. The standard InChI is InChI=1S/C13H17ClN2O2/c14-10-2-4-11(5-3-10)16-13(12(15)17)6-1-8-18-9-7-13/h2-5,16H,1,6-9H2,(H2,15,17). The average Bonchev–Trinajstić information content (AvgIpc) is 2.59. The Kier molecular flexibility index (Phi) is 4.09. The second-order valence-electron chi connectivity index (χ2n) is 4.54. The van der Waals surface area contributed by atoms with Gasteiger partial charge in [-0.05, 0) is 37.1 Å². The largest absolute Gasteiger partial charge is 0.381 e. The SMILES string of the molecule is NC(=O)C1(Nc2ccc(Cl)cc2)CCCOCC1. The van der Waals surface area contributed by atoms with Crippen molar-refractivity contribution in [2.24, 2.45) is 5.73 Å². The third kappa shape index (κ3) is 2.94. The highest BCUT2D eigenvalue weighted by atomic mass is 35.5. The molecule has 1 aromatic carbocycles. The van der Waals surface area contributed by atoms with Crippen LogP contribution < -0.4 is 11.1 Å². The molecule has 2 rings (SSSR count). The third-order valence-corrected chi connectivity index (χ3v) is 3.52. The number of hydrogen-bond acceptors (Lipinski definition) is 3. The van der Waals surface area contributed by atoms with E-state index >= 15 is 0 Å². The van der Waals surface area contributed by atoms with Crippen molar-refractivity contribution in [2.75, 3.05) is 18.5 Å². The number of carbonyl (C=O) groups excluding carboxylic acids is 1. The normalized spacial score (nSPS) is 24.3. The van der Waals surface area contributed by atoms with Gasteiger partial charge in [-0.15, -0.1) is 0 Å². The molecular formula is C13H17ClN2O2. The number of rotatable bonds is 3. The Morgan fingerprint density at radius 2 is 2.00 bits per heavy atom. The van der Waals surface area contributed by atoms with Gasteiger partial charge < -0.3 is 15.8 Å². The summed E-state index contributed by atoms with van der Waals surface area (Å²) in [5.41, 5.74) is 5.70. The van der Waals surface area contributed by atoms with E-state index in [2.05, 4.69) is 5.32 Å². The number of primary amides is 1. The number of benzene rings is 1. The first-order valence-electron chi connectivity index (χ1n) is 6.04. The molecular weight excluding hydrogens is 252 g/mol. The van der Waals surface area contributed by atoms with Crippen LogP contribution in [-0.4, -0.2) is 24.7 Å². The van der Waals surface area contributed by atoms with Gasteiger partial charge in [0.1, 0.15) is 5.54 Å². The molecule has 98 valence electrons. The van der Waals surface area contributed by atoms with Crippen LogP contribution in [0, 0.1) is 0 Å². The van der Waals surface area contributed by atoms with Crippen LogP contribution in [0.15, 0.2) is 24.3 Å². The molecule has 1 amide bonds. The number of nitrogens with one attached hydrogen (secondary N) is 1. The zero-order valence-electron chi connectivity index (χ0n) is 10.1. The maximum Gasteiger partial charge on any atom is 0.243 e. The van der Waals surface area contributed by atoms with Crippen molar-refractivity contribution >= 4 is 23.2 Å². The fourth-order valence-corrected chi connectivity index (χ4v) is 2.32. The Morgan fingerprint density at radius 1 is 1.28 bits per heavy atom. The van der Waals surface area contributed by atoms with E-state index < -0.39 is 5.54 Å². The van der Waals surface area contributed by atoms with Crippen molar-refractivity contribution in [3.05, 3.63) is 29.3 Å².